The van der Waals surface area contributed by atoms with E-state index in [1.54, 1.807) is 0 Å². The van der Waals surface area contributed by atoms with Crippen molar-refractivity contribution in [1.29, 1.82) is 0 Å². The van der Waals surface area contributed by atoms with Crippen molar-refractivity contribution in [3.05, 3.63) is 59.4 Å². The van der Waals surface area contributed by atoms with Crippen LogP contribution < -0.4 is 5.32 Å². The first-order chi connectivity index (χ1) is 10.3. The molecule has 0 aliphatic carbocycles. The van der Waals surface area contributed by atoms with Gasteiger partial charge in [-0.2, -0.15) is 0 Å². The number of hydrogen-bond donors (Lipinski definition) is 1. The van der Waals surface area contributed by atoms with E-state index in [1.165, 1.54) is 16.7 Å². The molecule has 0 radical (unpaired) electrons. The molecule has 0 amide bonds. The molecule has 1 aliphatic rings. The third kappa shape index (κ3) is 3.20. The summed E-state index contributed by atoms with van der Waals surface area (Å²) in [6.45, 7) is 7.04. The Morgan fingerprint density at radius 1 is 1.33 bits per heavy atom. The van der Waals surface area contributed by atoms with Crippen LogP contribution in [-0.4, -0.2) is 17.7 Å². The number of rotatable bonds is 5. The Kier molecular flexibility index (Phi) is 4.42. The second-order valence-corrected chi connectivity index (χ2v) is 5.73. The lowest BCUT2D eigenvalue weighted by Crippen LogP contribution is -2.20. The van der Waals surface area contributed by atoms with E-state index in [-0.39, 0.29) is 6.10 Å². The van der Waals surface area contributed by atoms with E-state index in [1.807, 2.05) is 0 Å². The van der Waals surface area contributed by atoms with Gasteiger partial charge in [0.25, 0.3) is 0 Å². The monoisotopic (exact) mass is 284 g/mol. The van der Waals surface area contributed by atoms with Gasteiger partial charge in [0.2, 0.25) is 0 Å². The lowest BCUT2D eigenvalue weighted by Gasteiger charge is -2.26. The van der Waals surface area contributed by atoms with Gasteiger partial charge < -0.3 is 14.6 Å². The van der Waals surface area contributed by atoms with E-state index in [4.69, 9.17) is 4.74 Å². The molecule has 2 unspecified atom stereocenters. The van der Waals surface area contributed by atoms with Gasteiger partial charge in [-0.1, -0.05) is 31.2 Å². The van der Waals surface area contributed by atoms with Gasteiger partial charge in [-0.15, -0.1) is 0 Å². The van der Waals surface area contributed by atoms with Crippen molar-refractivity contribution < 1.29 is 4.74 Å². The van der Waals surface area contributed by atoms with Crippen molar-refractivity contribution in [2.45, 2.75) is 39.0 Å². The number of fused-ring (bicyclic) bond motifs is 1. The van der Waals surface area contributed by atoms with Crippen molar-refractivity contribution >= 4 is 0 Å². The molecule has 1 aromatic carbocycles. The third-order valence-corrected chi connectivity index (χ3v) is 4.25. The maximum atomic E-state index is 5.99. The maximum absolute atomic E-state index is 5.99. The zero-order valence-electron chi connectivity index (χ0n) is 12.9. The fraction of sp³-hybridized carbons (Fsp3) is 0.444. The molecule has 2 atom stereocenters. The summed E-state index contributed by atoms with van der Waals surface area (Å²) >= 11 is 0. The van der Waals surface area contributed by atoms with Gasteiger partial charge >= 0.3 is 0 Å². The van der Waals surface area contributed by atoms with Crippen LogP contribution in [0.4, 0.5) is 0 Å². The van der Waals surface area contributed by atoms with E-state index in [9.17, 15) is 0 Å². The predicted octanol–water partition coefficient (Wildman–Crippen LogP) is 3.47. The molecule has 3 heteroatoms. The van der Waals surface area contributed by atoms with Gasteiger partial charge in [0.1, 0.15) is 6.10 Å². The second kappa shape index (κ2) is 6.46. The van der Waals surface area contributed by atoms with Crippen LogP contribution in [0.3, 0.4) is 0 Å². The van der Waals surface area contributed by atoms with Crippen LogP contribution in [0.5, 0.6) is 0 Å². The molecule has 0 fully saturated rings. The minimum Gasteiger partial charge on any atom is -0.371 e. The molecule has 21 heavy (non-hydrogen) atoms. The van der Waals surface area contributed by atoms with Crippen molar-refractivity contribution in [3.63, 3.8) is 0 Å². The van der Waals surface area contributed by atoms with Crippen molar-refractivity contribution in [1.82, 2.24) is 9.88 Å². The summed E-state index contributed by atoms with van der Waals surface area (Å²) in [5.74, 6) is 0. The molecular formula is C18H24N2O. The minimum absolute atomic E-state index is 0.171. The summed E-state index contributed by atoms with van der Waals surface area (Å²) in [4.78, 5) is 0. The Morgan fingerprint density at radius 2 is 2.19 bits per heavy atom. The van der Waals surface area contributed by atoms with E-state index < -0.39 is 0 Å². The lowest BCUT2D eigenvalue weighted by atomic mass is 9.97. The first-order valence-corrected chi connectivity index (χ1v) is 7.86. The molecule has 1 aliphatic heterocycles. The highest BCUT2D eigenvalue weighted by molar-refractivity contribution is 5.31. The maximum Gasteiger partial charge on any atom is 0.101 e. The number of nitrogens with one attached hydrogen (secondary N) is 1. The molecule has 2 aromatic rings. The molecule has 0 spiro atoms. The smallest absolute Gasteiger partial charge is 0.101 e. The molecule has 3 rings (SSSR count). The Hall–Kier alpha value is -1.58. The number of ether oxygens (including phenoxy) is 1. The Morgan fingerprint density at radius 3 is 3.05 bits per heavy atom. The van der Waals surface area contributed by atoms with Gasteiger partial charge in [-0.05, 0) is 42.6 Å². The molecule has 1 aromatic heterocycles. The molecule has 0 saturated carbocycles. The lowest BCUT2D eigenvalue weighted by molar-refractivity contribution is 0.0306. The fourth-order valence-corrected chi connectivity index (χ4v) is 3.07. The van der Waals surface area contributed by atoms with Crippen LogP contribution in [0.2, 0.25) is 0 Å². The quantitative estimate of drug-likeness (QED) is 0.910. The zero-order valence-corrected chi connectivity index (χ0v) is 12.9. The highest BCUT2D eigenvalue weighted by Crippen LogP contribution is 2.28. The molecular weight excluding hydrogens is 260 g/mol. The minimum atomic E-state index is 0.171. The van der Waals surface area contributed by atoms with Crippen molar-refractivity contribution in [3.8, 4) is 0 Å². The summed E-state index contributed by atoms with van der Waals surface area (Å²) in [5.41, 5.74) is 4.11. The van der Waals surface area contributed by atoms with Crippen LogP contribution in [-0.2, 0) is 17.7 Å². The standard InChI is InChI=1S/C18H24N2O/c1-3-19-14(2)16-8-10-20(12-16)13-18-17-7-5-4-6-15(17)9-11-21-18/h4-8,10,12,14,18-19H,3,9,11,13H2,1-2H3. The Balaban J connectivity index is 1.73. The van der Waals surface area contributed by atoms with Crippen LogP contribution in [0.25, 0.3) is 0 Å². The molecule has 2 heterocycles. The summed E-state index contributed by atoms with van der Waals surface area (Å²) in [7, 11) is 0. The molecule has 112 valence electrons. The highest BCUT2D eigenvalue weighted by atomic mass is 16.5. The third-order valence-electron chi connectivity index (χ3n) is 4.25. The van der Waals surface area contributed by atoms with Gasteiger partial charge in [-0.25, -0.2) is 0 Å². The van der Waals surface area contributed by atoms with Crippen LogP contribution in [0.15, 0.2) is 42.7 Å². The van der Waals surface area contributed by atoms with E-state index in [2.05, 4.69) is 66.5 Å². The number of aromatic nitrogens is 1. The molecule has 0 saturated heterocycles. The average molecular weight is 284 g/mol. The van der Waals surface area contributed by atoms with Gasteiger partial charge in [0.05, 0.1) is 13.2 Å². The summed E-state index contributed by atoms with van der Waals surface area (Å²) < 4.78 is 8.24. The van der Waals surface area contributed by atoms with Crippen molar-refractivity contribution in [2.24, 2.45) is 0 Å². The van der Waals surface area contributed by atoms with E-state index in [0.717, 1.165) is 26.1 Å². The second-order valence-electron chi connectivity index (χ2n) is 5.73. The van der Waals surface area contributed by atoms with Gasteiger partial charge in [0.15, 0.2) is 0 Å². The summed E-state index contributed by atoms with van der Waals surface area (Å²) in [6, 6.07) is 11.2. The number of benzene rings is 1. The topological polar surface area (TPSA) is 26.2 Å². The number of nitrogens with zero attached hydrogens (tertiary/aromatic N) is 1. The number of hydrogen-bond acceptors (Lipinski definition) is 2. The molecule has 1 N–H and O–H groups in total. The van der Waals surface area contributed by atoms with Gasteiger partial charge in [-0.3, -0.25) is 0 Å². The first-order valence-electron chi connectivity index (χ1n) is 7.86. The zero-order chi connectivity index (χ0) is 14.7. The highest BCUT2D eigenvalue weighted by Gasteiger charge is 2.20. The van der Waals surface area contributed by atoms with Gasteiger partial charge in [0, 0.05) is 18.4 Å². The van der Waals surface area contributed by atoms with E-state index >= 15 is 0 Å². The van der Waals surface area contributed by atoms with E-state index in [0.29, 0.717) is 6.04 Å². The van der Waals surface area contributed by atoms with Crippen molar-refractivity contribution in [2.75, 3.05) is 13.2 Å². The largest absolute Gasteiger partial charge is 0.371 e. The van der Waals surface area contributed by atoms with Crippen LogP contribution in [0, 0.1) is 0 Å². The van der Waals surface area contributed by atoms with Crippen LogP contribution in [0.1, 0.15) is 42.7 Å². The summed E-state index contributed by atoms with van der Waals surface area (Å²) in [6.07, 6.45) is 5.59. The summed E-state index contributed by atoms with van der Waals surface area (Å²) in [5, 5.41) is 3.45. The molecule has 0 bridgehead atoms. The average Bonchev–Trinajstić information content (AvgIpc) is 2.97. The first kappa shape index (κ1) is 14.4. The Bertz CT molecular complexity index is 590. The SMILES string of the molecule is CCNC(C)c1ccn(CC2OCCc3ccccc32)c1. The van der Waals surface area contributed by atoms with Crippen LogP contribution >= 0.6 is 0 Å². The fourth-order valence-electron chi connectivity index (χ4n) is 3.07. The normalized spacial score (nSPS) is 19.2. The predicted molar refractivity (Wildman–Crippen MR) is 85.4 cm³/mol. The molecule has 3 nitrogen and oxygen atoms in total. The Labute approximate surface area is 126 Å².